The first kappa shape index (κ1) is 13.9. The molecule has 0 spiro atoms. The van der Waals surface area contributed by atoms with Gasteiger partial charge in [-0.05, 0) is 19.4 Å². The Balaban J connectivity index is 2.38. The van der Waals surface area contributed by atoms with Crippen LogP contribution in [0, 0.1) is 0 Å². The summed E-state index contributed by atoms with van der Waals surface area (Å²) in [7, 11) is 0. The molecule has 6 nitrogen and oxygen atoms in total. The van der Waals surface area contributed by atoms with Crippen molar-refractivity contribution in [1.82, 2.24) is 10.2 Å². The second-order valence-electron chi connectivity index (χ2n) is 4.47. The molecule has 0 bridgehead atoms. The van der Waals surface area contributed by atoms with Crippen molar-refractivity contribution in [1.29, 1.82) is 0 Å². The van der Waals surface area contributed by atoms with Gasteiger partial charge in [0.05, 0.1) is 5.57 Å². The number of carbonyl (C=O) groups excluding carboxylic acids is 4. The number of nitrogens with one attached hydrogen (secondary N) is 1. The van der Waals surface area contributed by atoms with Crippen LogP contribution >= 0.6 is 0 Å². The summed E-state index contributed by atoms with van der Waals surface area (Å²) in [6, 6.07) is -0.932. The van der Waals surface area contributed by atoms with E-state index in [2.05, 4.69) is 11.9 Å². The molecule has 4 amide bonds. The Kier molecular flexibility index (Phi) is 3.65. The number of carbonyl (C=O) groups is 4. The Morgan fingerprint density at radius 3 is 2.40 bits per heavy atom. The predicted molar refractivity (Wildman–Crippen MR) is 70.1 cm³/mol. The fourth-order valence-corrected chi connectivity index (χ4v) is 2.35. The molecule has 0 aromatic rings. The molecule has 0 aliphatic carbocycles. The lowest BCUT2D eigenvalue weighted by Gasteiger charge is -2.27. The molecule has 2 fully saturated rings. The lowest BCUT2D eigenvalue weighted by atomic mass is 10.0. The SMILES string of the molecule is C=C/C=C1/C(=O)N(C2CCC(=O)NC2=O)C(=O)/C1=C/C. The van der Waals surface area contributed by atoms with Crippen molar-refractivity contribution in [2.45, 2.75) is 25.8 Å². The summed E-state index contributed by atoms with van der Waals surface area (Å²) in [6.45, 7) is 5.15. The van der Waals surface area contributed by atoms with Crippen LogP contribution in [0.4, 0.5) is 0 Å². The normalized spacial score (nSPS) is 27.4. The van der Waals surface area contributed by atoms with Gasteiger partial charge in [-0.15, -0.1) is 0 Å². The maximum absolute atomic E-state index is 12.3. The minimum absolute atomic E-state index is 0.110. The van der Waals surface area contributed by atoms with Crippen molar-refractivity contribution in [2.75, 3.05) is 0 Å². The molecule has 2 saturated heterocycles. The minimum atomic E-state index is -0.932. The zero-order valence-electron chi connectivity index (χ0n) is 11.0. The van der Waals surface area contributed by atoms with E-state index in [1.807, 2.05) is 0 Å². The van der Waals surface area contributed by atoms with Gasteiger partial charge in [-0.2, -0.15) is 0 Å². The number of amides is 4. The molecule has 1 N–H and O–H groups in total. The smallest absolute Gasteiger partial charge is 0.262 e. The predicted octanol–water partition coefficient (Wildman–Crippen LogP) is 0.219. The third-order valence-electron chi connectivity index (χ3n) is 3.28. The van der Waals surface area contributed by atoms with Crippen molar-refractivity contribution in [3.8, 4) is 0 Å². The summed E-state index contributed by atoms with van der Waals surface area (Å²) >= 11 is 0. The van der Waals surface area contributed by atoms with Gasteiger partial charge in [0.25, 0.3) is 11.8 Å². The minimum Gasteiger partial charge on any atom is -0.295 e. The molecule has 6 heteroatoms. The zero-order chi connectivity index (χ0) is 14.9. The standard InChI is InChI=1S/C14H14N2O4/c1-3-5-9-8(4-2)13(19)16(14(9)20)10-6-7-11(17)15-12(10)18/h3-5,10H,1,6-7H2,2H3,(H,15,17,18)/b8-4+,9-5+. The van der Waals surface area contributed by atoms with E-state index in [4.69, 9.17) is 0 Å². The topological polar surface area (TPSA) is 83.6 Å². The molecule has 2 rings (SSSR count). The number of hydrogen-bond acceptors (Lipinski definition) is 4. The fraction of sp³-hybridized carbons (Fsp3) is 0.286. The third-order valence-corrected chi connectivity index (χ3v) is 3.28. The number of nitrogens with zero attached hydrogens (tertiary/aromatic N) is 1. The van der Waals surface area contributed by atoms with Gasteiger partial charge in [-0.25, -0.2) is 0 Å². The number of allylic oxidation sites excluding steroid dienone is 3. The molecule has 0 saturated carbocycles. The van der Waals surface area contributed by atoms with Crippen LogP contribution in [-0.2, 0) is 19.2 Å². The molecule has 1 atom stereocenters. The van der Waals surface area contributed by atoms with E-state index in [1.165, 1.54) is 18.2 Å². The van der Waals surface area contributed by atoms with Gasteiger partial charge < -0.3 is 0 Å². The van der Waals surface area contributed by atoms with Crippen molar-refractivity contribution in [3.63, 3.8) is 0 Å². The maximum atomic E-state index is 12.3. The van der Waals surface area contributed by atoms with Gasteiger partial charge in [0.2, 0.25) is 11.8 Å². The van der Waals surface area contributed by atoms with Crippen molar-refractivity contribution < 1.29 is 19.2 Å². The van der Waals surface area contributed by atoms with E-state index in [-0.39, 0.29) is 24.0 Å². The molecular weight excluding hydrogens is 260 g/mol. The highest BCUT2D eigenvalue weighted by molar-refractivity contribution is 6.26. The Morgan fingerprint density at radius 2 is 1.85 bits per heavy atom. The summed E-state index contributed by atoms with van der Waals surface area (Å²) in [4.78, 5) is 48.4. The van der Waals surface area contributed by atoms with E-state index in [9.17, 15) is 19.2 Å². The lowest BCUT2D eigenvalue weighted by Crippen LogP contribution is -2.54. The van der Waals surface area contributed by atoms with Crippen LogP contribution in [0.2, 0.25) is 0 Å². The monoisotopic (exact) mass is 274 g/mol. The molecule has 104 valence electrons. The summed E-state index contributed by atoms with van der Waals surface area (Å²) in [5.41, 5.74) is 0.469. The number of piperidine rings is 1. The van der Waals surface area contributed by atoms with Gasteiger partial charge in [0.15, 0.2) is 0 Å². The highest BCUT2D eigenvalue weighted by atomic mass is 16.2. The van der Waals surface area contributed by atoms with Gasteiger partial charge in [-0.3, -0.25) is 29.4 Å². The van der Waals surface area contributed by atoms with Gasteiger partial charge in [0.1, 0.15) is 6.04 Å². The zero-order valence-corrected chi connectivity index (χ0v) is 11.0. The van der Waals surface area contributed by atoms with Crippen LogP contribution in [0.25, 0.3) is 0 Å². The third kappa shape index (κ3) is 2.09. The average molecular weight is 274 g/mol. The van der Waals surface area contributed by atoms with Crippen LogP contribution in [-0.4, -0.2) is 34.6 Å². The van der Waals surface area contributed by atoms with Gasteiger partial charge in [-0.1, -0.05) is 18.7 Å². The van der Waals surface area contributed by atoms with Crippen molar-refractivity contribution >= 4 is 23.6 Å². The van der Waals surface area contributed by atoms with E-state index < -0.39 is 29.7 Å². The number of likely N-dealkylation sites (tertiary alicyclic amines) is 1. The van der Waals surface area contributed by atoms with E-state index in [1.54, 1.807) is 6.92 Å². The molecular formula is C14H14N2O4. The Bertz CT molecular complexity index is 586. The first-order valence-electron chi connectivity index (χ1n) is 6.22. The summed E-state index contributed by atoms with van der Waals surface area (Å²) < 4.78 is 0. The number of rotatable bonds is 2. The Morgan fingerprint density at radius 1 is 1.20 bits per heavy atom. The molecule has 0 radical (unpaired) electrons. The van der Waals surface area contributed by atoms with Crippen LogP contribution in [0.15, 0.2) is 36.0 Å². The summed E-state index contributed by atoms with van der Waals surface area (Å²) in [6.07, 6.45) is 4.65. The van der Waals surface area contributed by atoms with E-state index in [0.717, 1.165) is 4.90 Å². The largest absolute Gasteiger partial charge is 0.295 e. The van der Waals surface area contributed by atoms with Crippen LogP contribution in [0.5, 0.6) is 0 Å². The van der Waals surface area contributed by atoms with Crippen LogP contribution < -0.4 is 5.32 Å². The summed E-state index contributed by atoms with van der Waals surface area (Å²) in [5.74, 6) is -2.05. The fourth-order valence-electron chi connectivity index (χ4n) is 2.35. The molecule has 2 aliphatic heterocycles. The van der Waals surface area contributed by atoms with Gasteiger partial charge >= 0.3 is 0 Å². The van der Waals surface area contributed by atoms with Crippen molar-refractivity contribution in [2.24, 2.45) is 0 Å². The highest BCUT2D eigenvalue weighted by Crippen LogP contribution is 2.29. The first-order chi connectivity index (χ1) is 9.51. The maximum Gasteiger partial charge on any atom is 0.262 e. The first-order valence-corrected chi connectivity index (χ1v) is 6.22. The molecule has 0 aromatic heterocycles. The van der Waals surface area contributed by atoms with Gasteiger partial charge in [0, 0.05) is 12.0 Å². The lowest BCUT2D eigenvalue weighted by molar-refractivity contribution is -0.149. The Hall–Kier alpha value is -2.50. The second kappa shape index (κ2) is 5.24. The average Bonchev–Trinajstić information content (AvgIpc) is 2.63. The molecule has 20 heavy (non-hydrogen) atoms. The number of hydrogen-bond donors (Lipinski definition) is 1. The molecule has 2 aliphatic rings. The van der Waals surface area contributed by atoms with E-state index >= 15 is 0 Å². The second-order valence-corrected chi connectivity index (χ2v) is 4.47. The van der Waals surface area contributed by atoms with Crippen LogP contribution in [0.1, 0.15) is 19.8 Å². The molecule has 0 aromatic carbocycles. The van der Waals surface area contributed by atoms with E-state index in [0.29, 0.717) is 0 Å². The summed E-state index contributed by atoms with van der Waals surface area (Å²) in [5, 5.41) is 2.14. The molecule has 1 unspecified atom stereocenters. The van der Waals surface area contributed by atoms with Crippen LogP contribution in [0.3, 0.4) is 0 Å². The Labute approximate surface area is 115 Å². The number of imide groups is 2. The molecule has 2 heterocycles. The quantitative estimate of drug-likeness (QED) is 0.576. The highest BCUT2D eigenvalue weighted by Gasteiger charge is 2.45. The van der Waals surface area contributed by atoms with Crippen molar-refractivity contribution in [3.05, 3.63) is 36.0 Å².